The number of nitrogens with zero attached hydrogens (tertiary/aromatic N) is 1. The van der Waals surface area contributed by atoms with Crippen LogP contribution in [0, 0.1) is 6.92 Å². The fourth-order valence-electron chi connectivity index (χ4n) is 2.84. The fourth-order valence-corrected chi connectivity index (χ4v) is 5.35. The van der Waals surface area contributed by atoms with Crippen LogP contribution in [0.4, 0.5) is 5.69 Å². The van der Waals surface area contributed by atoms with Crippen molar-refractivity contribution in [2.75, 3.05) is 18.0 Å². The van der Waals surface area contributed by atoms with Crippen LogP contribution in [0.25, 0.3) is 0 Å². The van der Waals surface area contributed by atoms with Gasteiger partial charge in [0.25, 0.3) is 15.9 Å². The lowest BCUT2D eigenvalue weighted by atomic mass is 10.1. The Bertz CT molecular complexity index is 1100. The van der Waals surface area contributed by atoms with Gasteiger partial charge in [0.05, 0.1) is 12.3 Å². The first-order chi connectivity index (χ1) is 14.3. The fraction of sp³-hybridized carbons (Fsp3) is 0.227. The molecule has 2 aromatic carbocycles. The molecule has 0 radical (unpaired) electrons. The summed E-state index contributed by atoms with van der Waals surface area (Å²) in [5.74, 6) is 0.253. The Morgan fingerprint density at radius 3 is 2.37 bits per heavy atom. The van der Waals surface area contributed by atoms with Crippen LogP contribution in [0.15, 0.2) is 64.9 Å². The highest BCUT2D eigenvalue weighted by Crippen LogP contribution is 2.29. The van der Waals surface area contributed by atoms with Crippen molar-refractivity contribution in [3.8, 4) is 5.75 Å². The van der Waals surface area contributed by atoms with E-state index in [0.717, 1.165) is 22.5 Å². The van der Waals surface area contributed by atoms with Crippen molar-refractivity contribution >= 4 is 33.0 Å². The van der Waals surface area contributed by atoms with E-state index in [1.807, 2.05) is 38.1 Å². The molecule has 6 nitrogen and oxygen atoms in total. The van der Waals surface area contributed by atoms with Crippen LogP contribution < -0.4 is 14.4 Å². The molecule has 0 spiro atoms. The van der Waals surface area contributed by atoms with E-state index < -0.39 is 15.9 Å². The van der Waals surface area contributed by atoms with Crippen molar-refractivity contribution < 1.29 is 17.9 Å². The molecule has 0 aliphatic rings. The third kappa shape index (κ3) is 4.83. The van der Waals surface area contributed by atoms with Gasteiger partial charge in [-0.1, -0.05) is 29.8 Å². The Balaban J connectivity index is 1.77. The lowest BCUT2D eigenvalue weighted by molar-refractivity contribution is 0.0952. The van der Waals surface area contributed by atoms with Gasteiger partial charge in [-0.05, 0) is 55.1 Å². The summed E-state index contributed by atoms with van der Waals surface area (Å²) in [5.41, 5.74) is 2.56. The van der Waals surface area contributed by atoms with E-state index in [-0.39, 0.29) is 9.77 Å². The highest BCUT2D eigenvalue weighted by atomic mass is 32.2. The molecule has 0 saturated carbocycles. The second-order valence-electron chi connectivity index (χ2n) is 6.68. The summed E-state index contributed by atoms with van der Waals surface area (Å²) in [7, 11) is -2.43. The van der Waals surface area contributed by atoms with Crippen LogP contribution in [0.2, 0.25) is 0 Å². The zero-order chi connectivity index (χ0) is 21.7. The highest BCUT2D eigenvalue weighted by molar-refractivity contribution is 7.93. The van der Waals surface area contributed by atoms with Gasteiger partial charge in [0.15, 0.2) is 0 Å². The van der Waals surface area contributed by atoms with Gasteiger partial charge in [-0.15, -0.1) is 11.3 Å². The number of carbonyl (C=O) groups excluding carboxylic acids is 1. The second-order valence-corrected chi connectivity index (χ2v) is 9.54. The van der Waals surface area contributed by atoms with Gasteiger partial charge < -0.3 is 10.1 Å². The van der Waals surface area contributed by atoms with Crippen LogP contribution in [0.3, 0.4) is 0 Å². The van der Waals surface area contributed by atoms with Crippen molar-refractivity contribution in [3.63, 3.8) is 0 Å². The van der Waals surface area contributed by atoms with Gasteiger partial charge in [-0.3, -0.25) is 9.10 Å². The lowest BCUT2D eigenvalue weighted by Gasteiger charge is -2.20. The van der Waals surface area contributed by atoms with E-state index in [0.29, 0.717) is 24.6 Å². The first kappa shape index (κ1) is 21.9. The van der Waals surface area contributed by atoms with E-state index in [2.05, 4.69) is 5.32 Å². The zero-order valence-corrected chi connectivity index (χ0v) is 18.7. The second kappa shape index (κ2) is 9.32. The summed E-state index contributed by atoms with van der Waals surface area (Å²) in [6.45, 7) is 4.73. The maximum absolute atomic E-state index is 13.2. The van der Waals surface area contributed by atoms with Crippen molar-refractivity contribution in [1.82, 2.24) is 5.32 Å². The Morgan fingerprint density at radius 2 is 1.73 bits per heavy atom. The van der Waals surface area contributed by atoms with Crippen molar-refractivity contribution in [2.24, 2.45) is 0 Å². The Kier molecular flexibility index (Phi) is 6.79. The molecular formula is C22H24N2O4S2. The number of aryl methyl sites for hydroxylation is 1. The van der Waals surface area contributed by atoms with Crippen molar-refractivity contribution in [3.05, 3.63) is 76.0 Å². The third-order valence-electron chi connectivity index (χ3n) is 4.56. The van der Waals surface area contributed by atoms with Crippen LogP contribution in [-0.2, 0) is 16.6 Å². The molecule has 1 N–H and O–H groups in total. The van der Waals surface area contributed by atoms with Gasteiger partial charge >= 0.3 is 0 Å². The maximum atomic E-state index is 13.2. The molecule has 158 valence electrons. The number of ether oxygens (including phenoxy) is 1. The third-order valence-corrected chi connectivity index (χ3v) is 7.43. The molecule has 0 bridgehead atoms. The number of hydrogen-bond acceptors (Lipinski definition) is 5. The van der Waals surface area contributed by atoms with Crippen LogP contribution in [-0.4, -0.2) is 28.0 Å². The zero-order valence-electron chi connectivity index (χ0n) is 17.1. The minimum absolute atomic E-state index is 0.00899. The summed E-state index contributed by atoms with van der Waals surface area (Å²) in [5, 5.41) is 4.42. The molecule has 1 aromatic heterocycles. The molecule has 0 atom stereocenters. The average Bonchev–Trinajstić information content (AvgIpc) is 3.24. The van der Waals surface area contributed by atoms with E-state index in [9.17, 15) is 13.2 Å². The summed E-state index contributed by atoms with van der Waals surface area (Å²) in [6.07, 6.45) is 0. The van der Waals surface area contributed by atoms with Crippen LogP contribution in [0.1, 0.15) is 27.7 Å². The van der Waals surface area contributed by atoms with E-state index in [4.69, 9.17) is 4.74 Å². The lowest BCUT2D eigenvalue weighted by Crippen LogP contribution is -2.29. The van der Waals surface area contributed by atoms with Gasteiger partial charge in [-0.2, -0.15) is 0 Å². The van der Waals surface area contributed by atoms with Crippen molar-refractivity contribution in [1.29, 1.82) is 0 Å². The van der Waals surface area contributed by atoms with Gasteiger partial charge in [0.1, 0.15) is 15.5 Å². The largest absolute Gasteiger partial charge is 0.494 e. The Labute approximate surface area is 181 Å². The topological polar surface area (TPSA) is 75.7 Å². The first-order valence-electron chi connectivity index (χ1n) is 9.46. The molecule has 0 aliphatic heterocycles. The van der Waals surface area contributed by atoms with Crippen LogP contribution >= 0.6 is 11.3 Å². The molecule has 1 amide bonds. The van der Waals surface area contributed by atoms with Crippen molar-refractivity contribution in [2.45, 2.75) is 25.3 Å². The predicted molar refractivity (Wildman–Crippen MR) is 120 cm³/mol. The number of sulfonamides is 1. The standard InChI is InChI=1S/C22H24N2O4S2/c1-4-28-19-11-9-18(10-12-19)24(3)30(26,27)20-13-14-29-21(20)22(25)23-15-17-7-5-16(2)6-8-17/h5-14H,4,15H2,1-3H3,(H,23,25). The summed E-state index contributed by atoms with van der Waals surface area (Å²) < 4.78 is 32.9. The molecule has 1 heterocycles. The molecule has 8 heteroatoms. The van der Waals surface area contributed by atoms with Crippen LogP contribution in [0.5, 0.6) is 5.75 Å². The van der Waals surface area contributed by atoms with Gasteiger partial charge in [0.2, 0.25) is 0 Å². The van der Waals surface area contributed by atoms with E-state index >= 15 is 0 Å². The molecule has 3 rings (SSSR count). The number of thiophene rings is 1. The average molecular weight is 445 g/mol. The highest BCUT2D eigenvalue weighted by Gasteiger charge is 2.28. The molecule has 0 fully saturated rings. The number of amides is 1. The number of rotatable bonds is 8. The molecule has 3 aromatic rings. The number of carbonyl (C=O) groups is 1. The van der Waals surface area contributed by atoms with Gasteiger partial charge in [0, 0.05) is 13.6 Å². The Hall–Kier alpha value is -2.84. The van der Waals surface area contributed by atoms with Gasteiger partial charge in [-0.25, -0.2) is 8.42 Å². The first-order valence-corrected chi connectivity index (χ1v) is 11.8. The molecule has 30 heavy (non-hydrogen) atoms. The minimum atomic E-state index is -3.90. The summed E-state index contributed by atoms with van der Waals surface area (Å²) in [6, 6.07) is 16.0. The predicted octanol–water partition coefficient (Wildman–Crippen LogP) is 4.21. The quantitative estimate of drug-likeness (QED) is 0.565. The SMILES string of the molecule is CCOc1ccc(N(C)S(=O)(=O)c2ccsc2C(=O)NCc2ccc(C)cc2)cc1. The molecule has 0 saturated heterocycles. The molecule has 0 aliphatic carbocycles. The van der Waals surface area contributed by atoms with E-state index in [1.165, 1.54) is 17.4 Å². The summed E-state index contributed by atoms with van der Waals surface area (Å²) >= 11 is 1.11. The minimum Gasteiger partial charge on any atom is -0.494 e. The molecular weight excluding hydrogens is 420 g/mol. The monoisotopic (exact) mass is 444 g/mol. The Morgan fingerprint density at radius 1 is 1.07 bits per heavy atom. The smallest absolute Gasteiger partial charge is 0.265 e. The maximum Gasteiger partial charge on any atom is 0.265 e. The normalized spacial score (nSPS) is 11.2. The van der Waals surface area contributed by atoms with E-state index in [1.54, 1.807) is 29.6 Å². The number of nitrogens with one attached hydrogen (secondary N) is 1. The number of benzene rings is 2. The number of anilines is 1. The molecule has 0 unspecified atom stereocenters. The number of hydrogen-bond donors (Lipinski definition) is 1. The summed E-state index contributed by atoms with van der Waals surface area (Å²) in [4.78, 5) is 12.8.